The Balaban J connectivity index is 1.58. The fourth-order valence-corrected chi connectivity index (χ4v) is 4.54. The number of hydrogen-bond donors (Lipinski definition) is 0. The lowest BCUT2D eigenvalue weighted by molar-refractivity contribution is -0.124. The Bertz CT molecular complexity index is 1030. The Labute approximate surface area is 178 Å². The molecule has 1 saturated heterocycles. The summed E-state index contributed by atoms with van der Waals surface area (Å²) < 4.78 is 14.3. The number of anilines is 2. The number of para-hydroxylation sites is 1. The Morgan fingerprint density at radius 1 is 1.17 bits per heavy atom. The smallest absolute Gasteiger partial charge is 0.234 e. The van der Waals surface area contributed by atoms with E-state index in [2.05, 4.69) is 4.98 Å². The molecule has 0 bridgehead atoms. The highest BCUT2D eigenvalue weighted by atomic mass is 32.1. The van der Waals surface area contributed by atoms with Crippen molar-refractivity contribution in [2.24, 2.45) is 5.92 Å². The highest BCUT2D eigenvalue weighted by Gasteiger charge is 2.38. The molecule has 30 heavy (non-hydrogen) atoms. The molecule has 0 spiro atoms. The number of amides is 2. The quantitative estimate of drug-likeness (QED) is 0.606. The first-order valence-electron chi connectivity index (χ1n) is 9.80. The van der Waals surface area contributed by atoms with Crippen molar-refractivity contribution in [1.29, 1.82) is 0 Å². The molecule has 6 nitrogen and oxygen atoms in total. The molecule has 1 atom stereocenters. The molecule has 2 amide bonds. The number of carbonyl (C=O) groups is 2. The van der Waals surface area contributed by atoms with Gasteiger partial charge in [0.15, 0.2) is 5.13 Å². The van der Waals surface area contributed by atoms with Crippen molar-refractivity contribution in [2.75, 3.05) is 43.5 Å². The monoisotopic (exact) mass is 426 g/mol. The molecule has 1 aliphatic rings. The molecule has 0 aliphatic carbocycles. The van der Waals surface area contributed by atoms with Crippen molar-refractivity contribution in [3.63, 3.8) is 0 Å². The summed E-state index contributed by atoms with van der Waals surface area (Å²) in [5.74, 6) is -1.05. The first-order chi connectivity index (χ1) is 14.4. The van der Waals surface area contributed by atoms with Gasteiger partial charge in [0.25, 0.3) is 0 Å². The maximum Gasteiger partial charge on any atom is 0.234 e. The molecule has 2 aromatic carbocycles. The lowest BCUT2D eigenvalue weighted by Gasteiger charge is -2.24. The predicted molar refractivity (Wildman–Crippen MR) is 117 cm³/mol. The summed E-state index contributed by atoms with van der Waals surface area (Å²) in [7, 11) is 3.91. The van der Waals surface area contributed by atoms with Crippen LogP contribution in [-0.2, 0) is 9.59 Å². The molecule has 1 unspecified atom stereocenters. The van der Waals surface area contributed by atoms with E-state index in [0.717, 1.165) is 10.2 Å². The molecule has 156 valence electrons. The van der Waals surface area contributed by atoms with Crippen molar-refractivity contribution >= 4 is 44.2 Å². The van der Waals surface area contributed by atoms with Crippen LogP contribution in [0.2, 0.25) is 0 Å². The van der Waals surface area contributed by atoms with E-state index < -0.39 is 5.92 Å². The third kappa shape index (κ3) is 4.20. The average molecular weight is 427 g/mol. The number of thiazole rings is 1. The van der Waals surface area contributed by atoms with Gasteiger partial charge in [0.05, 0.1) is 16.1 Å². The maximum absolute atomic E-state index is 13.4. The molecule has 0 N–H and O–H groups in total. The summed E-state index contributed by atoms with van der Waals surface area (Å²) >= 11 is 1.48. The number of benzene rings is 2. The minimum atomic E-state index is -0.461. The van der Waals surface area contributed by atoms with Gasteiger partial charge in [0, 0.05) is 31.7 Å². The lowest BCUT2D eigenvalue weighted by atomic mass is 10.1. The highest BCUT2D eigenvalue weighted by Crippen LogP contribution is 2.32. The van der Waals surface area contributed by atoms with Crippen LogP contribution in [0.15, 0.2) is 48.5 Å². The minimum absolute atomic E-state index is 0.103. The third-order valence-electron chi connectivity index (χ3n) is 5.16. The number of carbonyl (C=O) groups excluding carboxylic acids is 2. The van der Waals surface area contributed by atoms with Crippen LogP contribution in [0.1, 0.15) is 6.42 Å². The Hall–Kier alpha value is -2.84. The second-order valence-corrected chi connectivity index (χ2v) is 8.65. The average Bonchev–Trinajstić information content (AvgIpc) is 3.32. The zero-order chi connectivity index (χ0) is 21.3. The number of aromatic nitrogens is 1. The first-order valence-corrected chi connectivity index (χ1v) is 10.6. The van der Waals surface area contributed by atoms with Gasteiger partial charge in [0.2, 0.25) is 11.8 Å². The van der Waals surface area contributed by atoms with E-state index in [1.165, 1.54) is 23.5 Å². The summed E-state index contributed by atoms with van der Waals surface area (Å²) in [5, 5.41) is 0.649. The highest BCUT2D eigenvalue weighted by molar-refractivity contribution is 7.22. The normalized spacial score (nSPS) is 16.6. The molecular weight excluding hydrogens is 403 g/mol. The van der Waals surface area contributed by atoms with Gasteiger partial charge in [-0.25, -0.2) is 9.37 Å². The number of halogens is 1. The topological polar surface area (TPSA) is 56.8 Å². The standard InChI is InChI=1S/C22H23FN4O2S/c1-25(2)11-12-26(22-24-18-5-3-4-6-19(18)30-22)21(29)15-13-20(28)27(14-15)17-9-7-16(23)8-10-17/h3-10,15H,11-14H2,1-2H3. The number of hydrogen-bond acceptors (Lipinski definition) is 5. The SMILES string of the molecule is CN(C)CCN(C(=O)C1CC(=O)N(c2ccc(F)cc2)C1)c1nc2ccccc2s1. The fourth-order valence-electron chi connectivity index (χ4n) is 3.54. The molecule has 0 saturated carbocycles. The Kier molecular flexibility index (Phi) is 5.78. The fraction of sp³-hybridized carbons (Fsp3) is 0.318. The first kappa shape index (κ1) is 20.4. The number of rotatable bonds is 6. The number of fused-ring (bicyclic) bond motifs is 1. The van der Waals surface area contributed by atoms with Crippen LogP contribution < -0.4 is 9.80 Å². The van der Waals surface area contributed by atoms with Gasteiger partial charge in [-0.1, -0.05) is 23.5 Å². The van der Waals surface area contributed by atoms with Crippen molar-refractivity contribution in [3.8, 4) is 0 Å². The summed E-state index contributed by atoms with van der Waals surface area (Å²) in [6, 6.07) is 13.6. The van der Waals surface area contributed by atoms with E-state index in [1.54, 1.807) is 21.9 Å². The molecule has 2 heterocycles. The molecule has 0 radical (unpaired) electrons. The summed E-state index contributed by atoms with van der Waals surface area (Å²) in [6.45, 7) is 1.46. The molecular formula is C22H23FN4O2S. The van der Waals surface area contributed by atoms with Crippen LogP contribution in [0.4, 0.5) is 15.2 Å². The number of nitrogens with zero attached hydrogens (tertiary/aromatic N) is 4. The Morgan fingerprint density at radius 2 is 1.90 bits per heavy atom. The molecule has 4 rings (SSSR count). The van der Waals surface area contributed by atoms with E-state index in [0.29, 0.717) is 23.9 Å². The van der Waals surface area contributed by atoms with Crippen molar-refractivity contribution < 1.29 is 14.0 Å². The summed E-state index contributed by atoms with van der Waals surface area (Å²) in [6.07, 6.45) is 0.138. The van der Waals surface area contributed by atoms with E-state index >= 15 is 0 Å². The van der Waals surface area contributed by atoms with Gasteiger partial charge in [-0.05, 0) is 50.5 Å². The van der Waals surface area contributed by atoms with Gasteiger partial charge < -0.3 is 9.80 Å². The molecule has 3 aromatic rings. The van der Waals surface area contributed by atoms with E-state index in [1.807, 2.05) is 43.3 Å². The zero-order valence-electron chi connectivity index (χ0n) is 16.9. The van der Waals surface area contributed by atoms with E-state index in [9.17, 15) is 14.0 Å². The molecule has 1 aliphatic heterocycles. The van der Waals surface area contributed by atoms with Crippen molar-refractivity contribution in [1.82, 2.24) is 9.88 Å². The third-order valence-corrected chi connectivity index (χ3v) is 6.22. The minimum Gasteiger partial charge on any atom is -0.312 e. The van der Waals surface area contributed by atoms with E-state index in [4.69, 9.17) is 0 Å². The molecule has 1 aromatic heterocycles. The van der Waals surface area contributed by atoms with Gasteiger partial charge in [-0.15, -0.1) is 0 Å². The van der Waals surface area contributed by atoms with Gasteiger partial charge >= 0.3 is 0 Å². The zero-order valence-corrected chi connectivity index (χ0v) is 17.7. The number of likely N-dealkylation sites (N-methyl/N-ethyl adjacent to an activating group) is 1. The maximum atomic E-state index is 13.4. The molecule has 1 fully saturated rings. The van der Waals surface area contributed by atoms with Crippen LogP contribution in [-0.4, -0.2) is 55.4 Å². The van der Waals surface area contributed by atoms with E-state index in [-0.39, 0.29) is 30.6 Å². The van der Waals surface area contributed by atoms with Crippen molar-refractivity contribution in [2.45, 2.75) is 6.42 Å². The van der Waals surface area contributed by atoms with Crippen LogP contribution >= 0.6 is 11.3 Å². The van der Waals surface area contributed by atoms with Gasteiger partial charge in [-0.2, -0.15) is 0 Å². The van der Waals surface area contributed by atoms with Gasteiger partial charge in [0.1, 0.15) is 5.82 Å². The van der Waals surface area contributed by atoms with Gasteiger partial charge in [-0.3, -0.25) is 14.5 Å². The van der Waals surface area contributed by atoms with Crippen LogP contribution in [0.3, 0.4) is 0 Å². The van der Waals surface area contributed by atoms with Crippen LogP contribution in [0.5, 0.6) is 0 Å². The Morgan fingerprint density at radius 3 is 2.60 bits per heavy atom. The van der Waals surface area contributed by atoms with Crippen molar-refractivity contribution in [3.05, 3.63) is 54.3 Å². The summed E-state index contributed by atoms with van der Waals surface area (Å²) in [4.78, 5) is 36.0. The van der Waals surface area contributed by atoms with Crippen LogP contribution in [0.25, 0.3) is 10.2 Å². The largest absolute Gasteiger partial charge is 0.312 e. The second kappa shape index (κ2) is 8.49. The predicted octanol–water partition coefficient (Wildman–Crippen LogP) is 3.38. The molecule has 8 heteroatoms. The summed E-state index contributed by atoms with van der Waals surface area (Å²) in [5.41, 5.74) is 1.46. The van der Waals surface area contributed by atoms with Crippen LogP contribution in [0, 0.1) is 11.7 Å². The second-order valence-electron chi connectivity index (χ2n) is 7.64. The lowest BCUT2D eigenvalue weighted by Crippen LogP contribution is -2.41.